The summed E-state index contributed by atoms with van der Waals surface area (Å²) in [5, 5.41) is 0.205. The molecule has 82 valence electrons. The van der Waals surface area contributed by atoms with E-state index in [1.165, 1.54) is 0 Å². The van der Waals surface area contributed by atoms with Crippen molar-refractivity contribution in [3.63, 3.8) is 0 Å². The van der Waals surface area contributed by atoms with Crippen molar-refractivity contribution < 1.29 is 4.39 Å². The van der Waals surface area contributed by atoms with Crippen LogP contribution in [0.3, 0.4) is 0 Å². The van der Waals surface area contributed by atoms with E-state index in [1.807, 2.05) is 19.9 Å². The van der Waals surface area contributed by atoms with Crippen LogP contribution >= 0.6 is 11.6 Å². The molecule has 1 atom stereocenters. The summed E-state index contributed by atoms with van der Waals surface area (Å²) in [5.41, 5.74) is 7.44. The zero-order valence-electron chi connectivity index (χ0n) is 8.98. The molecule has 3 heteroatoms. The molecule has 0 amide bonds. The topological polar surface area (TPSA) is 26.0 Å². The van der Waals surface area contributed by atoms with Crippen molar-refractivity contribution in [1.29, 1.82) is 0 Å². The number of hydrogen-bond donors (Lipinski definition) is 1. The third-order valence-corrected chi connectivity index (χ3v) is 3.64. The highest BCUT2D eigenvalue weighted by Gasteiger charge is 2.49. The van der Waals surface area contributed by atoms with Crippen molar-refractivity contribution >= 4 is 11.6 Å². The van der Waals surface area contributed by atoms with Crippen LogP contribution < -0.4 is 5.73 Å². The van der Waals surface area contributed by atoms with Gasteiger partial charge in [0.15, 0.2) is 0 Å². The molecule has 0 heterocycles. The predicted molar refractivity (Wildman–Crippen MR) is 60.7 cm³/mol. The van der Waals surface area contributed by atoms with Gasteiger partial charge in [0.25, 0.3) is 0 Å². The van der Waals surface area contributed by atoms with Crippen LogP contribution in [0.1, 0.15) is 30.9 Å². The lowest BCUT2D eigenvalue weighted by molar-refractivity contribution is 0.512. The molecule has 1 saturated carbocycles. The summed E-state index contributed by atoms with van der Waals surface area (Å²) in [7, 11) is 0. The van der Waals surface area contributed by atoms with E-state index in [-0.39, 0.29) is 22.3 Å². The first-order chi connectivity index (χ1) is 6.97. The van der Waals surface area contributed by atoms with Crippen LogP contribution in [0.25, 0.3) is 0 Å². The van der Waals surface area contributed by atoms with E-state index < -0.39 is 0 Å². The lowest BCUT2D eigenvalue weighted by Gasteiger charge is -2.21. The van der Waals surface area contributed by atoms with Gasteiger partial charge in [0, 0.05) is 11.5 Å². The lowest BCUT2D eigenvalue weighted by Crippen LogP contribution is -2.32. The minimum Gasteiger partial charge on any atom is -0.327 e. The van der Waals surface area contributed by atoms with Crippen LogP contribution in [0.15, 0.2) is 12.1 Å². The molecule has 0 saturated heterocycles. The largest absolute Gasteiger partial charge is 0.327 e. The second-order valence-electron chi connectivity index (χ2n) is 4.55. The quantitative estimate of drug-likeness (QED) is 0.825. The Labute approximate surface area is 94.4 Å². The minimum atomic E-state index is -0.294. The molecule has 1 fully saturated rings. The van der Waals surface area contributed by atoms with E-state index in [2.05, 4.69) is 0 Å². The van der Waals surface area contributed by atoms with E-state index in [4.69, 9.17) is 17.3 Å². The van der Waals surface area contributed by atoms with Crippen LogP contribution in [0.4, 0.5) is 4.39 Å². The summed E-state index contributed by atoms with van der Waals surface area (Å²) >= 11 is 5.84. The maximum Gasteiger partial charge on any atom is 0.145 e. The van der Waals surface area contributed by atoms with Gasteiger partial charge in [-0.25, -0.2) is 4.39 Å². The van der Waals surface area contributed by atoms with Crippen LogP contribution in [-0.2, 0) is 5.41 Å². The highest BCUT2D eigenvalue weighted by atomic mass is 35.5. The van der Waals surface area contributed by atoms with E-state index in [0.717, 1.165) is 18.4 Å². The zero-order chi connectivity index (χ0) is 11.2. The summed E-state index contributed by atoms with van der Waals surface area (Å²) in [6, 6.07) is 3.50. The third kappa shape index (κ3) is 1.66. The van der Waals surface area contributed by atoms with Gasteiger partial charge >= 0.3 is 0 Å². The van der Waals surface area contributed by atoms with Crippen molar-refractivity contribution in [2.75, 3.05) is 0 Å². The lowest BCUT2D eigenvalue weighted by atomic mass is 9.88. The van der Waals surface area contributed by atoms with Gasteiger partial charge in [-0.1, -0.05) is 17.7 Å². The standard InChI is InChI=1S/C12H15ClFN/c1-7-5-9(11(14)10(13)6-7)12(3-4-12)8(2)15/h5-6,8H,3-4,15H2,1-2H3. The molecule has 1 aromatic rings. The van der Waals surface area contributed by atoms with Crippen LogP contribution in [0, 0.1) is 12.7 Å². The average molecular weight is 228 g/mol. The summed E-state index contributed by atoms with van der Waals surface area (Å²) in [6.07, 6.45) is 1.92. The second-order valence-corrected chi connectivity index (χ2v) is 4.96. The fourth-order valence-electron chi connectivity index (χ4n) is 2.19. The fourth-order valence-corrected chi connectivity index (χ4v) is 2.47. The molecule has 1 unspecified atom stereocenters. The van der Waals surface area contributed by atoms with Gasteiger partial charge < -0.3 is 5.73 Å². The monoisotopic (exact) mass is 227 g/mol. The van der Waals surface area contributed by atoms with Crippen molar-refractivity contribution in [2.45, 2.75) is 38.1 Å². The molecule has 0 aromatic heterocycles. The van der Waals surface area contributed by atoms with E-state index in [1.54, 1.807) is 6.07 Å². The van der Waals surface area contributed by atoms with Crippen LogP contribution in [-0.4, -0.2) is 6.04 Å². The SMILES string of the molecule is Cc1cc(Cl)c(F)c(C2(C(C)N)CC2)c1. The predicted octanol–water partition coefficient (Wildman–Crippen LogP) is 3.17. The van der Waals surface area contributed by atoms with Crippen molar-refractivity contribution in [3.8, 4) is 0 Å². The highest BCUT2D eigenvalue weighted by molar-refractivity contribution is 6.30. The third-order valence-electron chi connectivity index (χ3n) is 3.37. The molecule has 1 nitrogen and oxygen atoms in total. The normalized spacial score (nSPS) is 20.1. The molecule has 1 aliphatic rings. The molecule has 2 rings (SSSR count). The number of rotatable bonds is 2. The molecule has 1 aliphatic carbocycles. The number of nitrogens with two attached hydrogens (primary N) is 1. The number of halogens is 2. The summed E-state index contributed by atoms with van der Waals surface area (Å²) < 4.78 is 13.9. The highest BCUT2D eigenvalue weighted by Crippen LogP contribution is 2.51. The number of hydrogen-bond acceptors (Lipinski definition) is 1. The molecular formula is C12H15ClFN. The van der Waals surface area contributed by atoms with Gasteiger partial charge in [0.1, 0.15) is 5.82 Å². The average Bonchev–Trinajstić information content (AvgIpc) is 2.91. The van der Waals surface area contributed by atoms with Crippen molar-refractivity contribution in [2.24, 2.45) is 5.73 Å². The summed E-state index contributed by atoms with van der Waals surface area (Å²) in [5.74, 6) is -0.294. The minimum absolute atomic E-state index is 0.0233. The maximum atomic E-state index is 13.9. The van der Waals surface area contributed by atoms with Gasteiger partial charge in [-0.05, 0) is 43.9 Å². The smallest absolute Gasteiger partial charge is 0.145 e. The van der Waals surface area contributed by atoms with Crippen molar-refractivity contribution in [3.05, 3.63) is 34.1 Å². The zero-order valence-corrected chi connectivity index (χ0v) is 9.74. The molecule has 0 bridgehead atoms. The molecule has 0 radical (unpaired) electrons. The van der Waals surface area contributed by atoms with Gasteiger partial charge in [-0.2, -0.15) is 0 Å². The molecule has 1 aromatic carbocycles. The van der Waals surface area contributed by atoms with Gasteiger partial charge in [-0.3, -0.25) is 0 Å². The summed E-state index contributed by atoms with van der Waals surface area (Å²) in [6.45, 7) is 3.86. The number of aryl methyl sites for hydroxylation is 1. The van der Waals surface area contributed by atoms with Crippen molar-refractivity contribution in [1.82, 2.24) is 0 Å². The molecule has 0 spiro atoms. The molecular weight excluding hydrogens is 213 g/mol. The molecule has 2 N–H and O–H groups in total. The van der Waals surface area contributed by atoms with E-state index >= 15 is 0 Å². The Hall–Kier alpha value is -0.600. The first-order valence-electron chi connectivity index (χ1n) is 5.19. The number of benzene rings is 1. The Morgan fingerprint density at radius 3 is 2.53 bits per heavy atom. The van der Waals surface area contributed by atoms with Gasteiger partial charge in [0.2, 0.25) is 0 Å². The Balaban J connectivity index is 2.53. The fraction of sp³-hybridized carbons (Fsp3) is 0.500. The van der Waals surface area contributed by atoms with Crippen LogP contribution in [0.2, 0.25) is 5.02 Å². The second kappa shape index (κ2) is 3.46. The Bertz CT molecular complexity index is 397. The van der Waals surface area contributed by atoms with Gasteiger partial charge in [-0.15, -0.1) is 0 Å². The molecule has 0 aliphatic heterocycles. The van der Waals surface area contributed by atoms with Gasteiger partial charge in [0.05, 0.1) is 5.02 Å². The summed E-state index contributed by atoms with van der Waals surface area (Å²) in [4.78, 5) is 0. The first-order valence-corrected chi connectivity index (χ1v) is 5.57. The Morgan fingerprint density at radius 1 is 1.47 bits per heavy atom. The Morgan fingerprint density at radius 2 is 2.07 bits per heavy atom. The van der Waals surface area contributed by atoms with E-state index in [9.17, 15) is 4.39 Å². The van der Waals surface area contributed by atoms with Crippen LogP contribution in [0.5, 0.6) is 0 Å². The Kier molecular flexibility index (Phi) is 2.52. The first kappa shape index (κ1) is 10.9. The maximum absolute atomic E-state index is 13.9. The molecule has 15 heavy (non-hydrogen) atoms. The van der Waals surface area contributed by atoms with E-state index in [0.29, 0.717) is 5.56 Å².